The zero-order valence-electron chi connectivity index (χ0n) is 13.9. The predicted molar refractivity (Wildman–Crippen MR) is 97.5 cm³/mol. The third-order valence-corrected chi connectivity index (χ3v) is 5.27. The summed E-state index contributed by atoms with van der Waals surface area (Å²) in [6.07, 6.45) is 4.09. The molecule has 1 aromatic carbocycles. The van der Waals surface area contributed by atoms with Crippen LogP contribution in [0.2, 0.25) is 0 Å². The lowest BCUT2D eigenvalue weighted by Crippen LogP contribution is -2.28. The average molecular weight is 339 g/mol. The Bertz CT molecular complexity index is 761. The second-order valence-corrected chi connectivity index (χ2v) is 6.89. The van der Waals surface area contributed by atoms with Crippen molar-refractivity contribution >= 4 is 17.2 Å². The minimum absolute atomic E-state index is 0.131. The quantitative estimate of drug-likeness (QED) is 0.655. The molecule has 124 valence electrons. The van der Waals surface area contributed by atoms with Gasteiger partial charge < -0.3 is 9.73 Å². The van der Waals surface area contributed by atoms with Gasteiger partial charge in [-0.15, -0.1) is 11.3 Å². The van der Waals surface area contributed by atoms with Crippen LogP contribution in [0.5, 0.6) is 0 Å². The molecule has 0 radical (unpaired) electrons. The predicted octanol–water partition coefficient (Wildman–Crippen LogP) is 5.37. The first-order valence-electron chi connectivity index (χ1n) is 8.15. The van der Waals surface area contributed by atoms with Crippen molar-refractivity contribution in [2.75, 3.05) is 0 Å². The molecule has 4 heteroatoms. The normalized spacial score (nSPS) is 13.4. The van der Waals surface area contributed by atoms with E-state index in [4.69, 9.17) is 4.42 Å². The molecule has 3 aromatic rings. The van der Waals surface area contributed by atoms with Crippen LogP contribution >= 0.6 is 11.3 Å². The van der Waals surface area contributed by atoms with Crippen LogP contribution in [0.4, 0.5) is 0 Å². The van der Waals surface area contributed by atoms with Crippen LogP contribution in [0.3, 0.4) is 0 Å². The summed E-state index contributed by atoms with van der Waals surface area (Å²) in [5, 5.41) is 5.14. The zero-order valence-corrected chi connectivity index (χ0v) is 14.7. The second kappa shape index (κ2) is 7.49. The van der Waals surface area contributed by atoms with Gasteiger partial charge in [0.2, 0.25) is 0 Å². The summed E-state index contributed by atoms with van der Waals surface area (Å²) in [5.41, 5.74) is 2.95. The van der Waals surface area contributed by atoms with E-state index < -0.39 is 0 Å². The van der Waals surface area contributed by atoms with Crippen LogP contribution in [-0.4, -0.2) is 5.91 Å². The van der Waals surface area contributed by atoms with E-state index in [1.54, 1.807) is 17.4 Å². The molecular formula is C20H21NO2S. The van der Waals surface area contributed by atoms with Crippen LogP contribution in [0.15, 0.2) is 64.8 Å². The summed E-state index contributed by atoms with van der Waals surface area (Å²) < 4.78 is 5.01. The molecule has 2 unspecified atom stereocenters. The summed E-state index contributed by atoms with van der Waals surface area (Å²) in [5.74, 6) is 0.410. The molecule has 0 saturated carbocycles. The minimum Gasteiger partial charge on any atom is -0.472 e. The molecule has 0 fully saturated rings. The Morgan fingerprint density at radius 3 is 2.50 bits per heavy atom. The number of carbonyl (C=O) groups excluding carboxylic acids is 1. The van der Waals surface area contributed by atoms with Crippen molar-refractivity contribution < 1.29 is 9.21 Å². The van der Waals surface area contributed by atoms with Crippen molar-refractivity contribution in [1.29, 1.82) is 0 Å². The molecule has 2 heterocycles. The highest BCUT2D eigenvalue weighted by molar-refractivity contribution is 7.10. The standard InChI is InChI=1S/C20H21NO2S/c1-3-14(2)15-6-8-16(9-7-15)19(18-5-4-12-24-18)21-20(22)17-10-11-23-13-17/h4-14,19H,3H2,1-2H3,(H,21,22). The fourth-order valence-corrected chi connectivity index (χ4v) is 3.44. The number of furan rings is 1. The van der Waals surface area contributed by atoms with Crippen molar-refractivity contribution in [1.82, 2.24) is 5.32 Å². The average Bonchev–Trinajstić information content (AvgIpc) is 3.32. The number of amides is 1. The van der Waals surface area contributed by atoms with E-state index in [9.17, 15) is 4.79 Å². The van der Waals surface area contributed by atoms with Gasteiger partial charge >= 0.3 is 0 Å². The van der Waals surface area contributed by atoms with Crippen LogP contribution < -0.4 is 5.32 Å². The van der Waals surface area contributed by atoms with Crippen LogP contribution in [0.25, 0.3) is 0 Å². The number of rotatable bonds is 6. The van der Waals surface area contributed by atoms with Gasteiger partial charge in [0, 0.05) is 4.88 Å². The monoisotopic (exact) mass is 339 g/mol. The Hall–Kier alpha value is -2.33. The van der Waals surface area contributed by atoms with Crippen molar-refractivity contribution in [3.05, 3.63) is 81.9 Å². The zero-order chi connectivity index (χ0) is 16.9. The first kappa shape index (κ1) is 16.5. The van der Waals surface area contributed by atoms with E-state index in [1.165, 1.54) is 18.1 Å². The van der Waals surface area contributed by atoms with Crippen LogP contribution in [-0.2, 0) is 0 Å². The maximum atomic E-state index is 12.4. The first-order valence-corrected chi connectivity index (χ1v) is 9.03. The number of hydrogen-bond acceptors (Lipinski definition) is 3. The Kier molecular flexibility index (Phi) is 5.16. The maximum Gasteiger partial charge on any atom is 0.255 e. The van der Waals surface area contributed by atoms with Gasteiger partial charge in [-0.25, -0.2) is 0 Å². The van der Waals surface area contributed by atoms with Crippen LogP contribution in [0.1, 0.15) is 58.6 Å². The van der Waals surface area contributed by atoms with Crippen molar-refractivity contribution in [2.45, 2.75) is 32.2 Å². The number of benzene rings is 1. The van der Waals surface area contributed by atoms with Crippen molar-refractivity contribution in [3.8, 4) is 0 Å². The third kappa shape index (κ3) is 3.60. The summed E-state index contributed by atoms with van der Waals surface area (Å²) in [7, 11) is 0. The molecule has 0 spiro atoms. The highest BCUT2D eigenvalue weighted by Crippen LogP contribution is 2.28. The van der Waals surface area contributed by atoms with Gasteiger partial charge in [0.15, 0.2) is 0 Å². The minimum atomic E-state index is -0.154. The molecule has 0 bridgehead atoms. The lowest BCUT2D eigenvalue weighted by molar-refractivity contribution is 0.0943. The molecule has 0 aliphatic carbocycles. The van der Waals surface area contributed by atoms with E-state index in [0.717, 1.165) is 16.9 Å². The number of carbonyl (C=O) groups is 1. The van der Waals surface area contributed by atoms with E-state index in [0.29, 0.717) is 11.5 Å². The molecule has 1 N–H and O–H groups in total. The van der Waals surface area contributed by atoms with Gasteiger partial charge in [-0.1, -0.05) is 44.2 Å². The van der Waals surface area contributed by atoms with Crippen molar-refractivity contribution in [2.24, 2.45) is 0 Å². The van der Waals surface area contributed by atoms with Crippen molar-refractivity contribution in [3.63, 3.8) is 0 Å². The second-order valence-electron chi connectivity index (χ2n) is 5.91. The molecular weight excluding hydrogens is 318 g/mol. The van der Waals surface area contributed by atoms with E-state index in [2.05, 4.69) is 43.4 Å². The Balaban J connectivity index is 1.87. The lowest BCUT2D eigenvalue weighted by Gasteiger charge is -2.19. The van der Waals surface area contributed by atoms with Crippen LogP contribution in [0, 0.1) is 0 Å². The maximum absolute atomic E-state index is 12.4. The largest absolute Gasteiger partial charge is 0.472 e. The first-order chi connectivity index (χ1) is 11.7. The van der Waals surface area contributed by atoms with Gasteiger partial charge in [0.25, 0.3) is 5.91 Å². The fourth-order valence-electron chi connectivity index (χ4n) is 2.64. The number of nitrogens with one attached hydrogen (secondary N) is 1. The van der Waals surface area contributed by atoms with E-state index in [1.807, 2.05) is 17.5 Å². The van der Waals surface area contributed by atoms with Gasteiger partial charge in [-0.05, 0) is 41.0 Å². The van der Waals surface area contributed by atoms with E-state index in [-0.39, 0.29) is 11.9 Å². The van der Waals surface area contributed by atoms with E-state index >= 15 is 0 Å². The molecule has 1 amide bonds. The summed E-state index contributed by atoms with van der Waals surface area (Å²) in [4.78, 5) is 13.6. The number of hydrogen-bond donors (Lipinski definition) is 1. The summed E-state index contributed by atoms with van der Waals surface area (Å²) in [6, 6.07) is 14.1. The van der Waals surface area contributed by atoms with Gasteiger partial charge in [0.1, 0.15) is 6.26 Å². The molecule has 2 atom stereocenters. The molecule has 0 aliphatic rings. The summed E-state index contributed by atoms with van der Waals surface area (Å²) in [6.45, 7) is 4.42. The molecule has 2 aromatic heterocycles. The lowest BCUT2D eigenvalue weighted by atomic mass is 9.95. The smallest absolute Gasteiger partial charge is 0.255 e. The Morgan fingerprint density at radius 1 is 1.17 bits per heavy atom. The highest BCUT2D eigenvalue weighted by Gasteiger charge is 2.19. The molecule has 3 nitrogen and oxygen atoms in total. The third-order valence-electron chi connectivity index (χ3n) is 4.34. The molecule has 24 heavy (non-hydrogen) atoms. The highest BCUT2D eigenvalue weighted by atomic mass is 32.1. The summed E-state index contributed by atoms with van der Waals surface area (Å²) >= 11 is 1.64. The molecule has 3 rings (SSSR count). The Morgan fingerprint density at radius 2 is 1.92 bits per heavy atom. The SMILES string of the molecule is CCC(C)c1ccc(C(NC(=O)c2ccoc2)c2cccs2)cc1. The topological polar surface area (TPSA) is 42.2 Å². The van der Waals surface area contributed by atoms with Gasteiger partial charge in [-0.2, -0.15) is 0 Å². The fraction of sp³-hybridized carbons (Fsp3) is 0.250. The van der Waals surface area contributed by atoms with Gasteiger partial charge in [-0.3, -0.25) is 4.79 Å². The number of thiophene rings is 1. The Labute approximate surface area is 146 Å². The molecule has 0 aliphatic heterocycles. The molecule has 0 saturated heterocycles. The van der Waals surface area contributed by atoms with Gasteiger partial charge in [0.05, 0.1) is 17.9 Å².